The molecule has 1 aromatic rings. The van der Waals surface area contributed by atoms with Gasteiger partial charge in [-0.3, -0.25) is 4.79 Å². The number of hydrogen-bond donors (Lipinski definition) is 0. The van der Waals surface area contributed by atoms with Crippen molar-refractivity contribution in [2.45, 2.75) is 37.6 Å². The number of hydrogen-bond acceptors (Lipinski definition) is 4. The highest BCUT2D eigenvalue weighted by Gasteiger charge is 2.31. The minimum Gasteiger partial charge on any atom is -0.484 e. The number of ether oxygens (including phenoxy) is 1. The molecule has 0 N–H and O–H groups in total. The summed E-state index contributed by atoms with van der Waals surface area (Å²) in [5, 5.41) is 0. The molecule has 0 bridgehead atoms. The first kappa shape index (κ1) is 16.1. The van der Waals surface area contributed by atoms with Crippen molar-refractivity contribution in [3.8, 4) is 5.75 Å². The van der Waals surface area contributed by atoms with E-state index >= 15 is 0 Å². The quantitative estimate of drug-likeness (QED) is 0.750. The van der Waals surface area contributed by atoms with Gasteiger partial charge in [0, 0.05) is 23.3 Å². The van der Waals surface area contributed by atoms with E-state index < -0.39 is 9.05 Å². The molecular weight excluding hydrogens is 314 g/mol. The number of halogens is 1. The van der Waals surface area contributed by atoms with Crippen LogP contribution in [0.3, 0.4) is 0 Å². The minimum absolute atomic E-state index is 0.0449. The van der Waals surface area contributed by atoms with E-state index in [9.17, 15) is 13.2 Å². The fraction of sp³-hybridized carbons (Fsp3) is 0.500. The highest BCUT2D eigenvalue weighted by molar-refractivity contribution is 8.13. The maximum Gasteiger partial charge on any atom is 0.261 e. The van der Waals surface area contributed by atoms with E-state index in [1.807, 2.05) is 11.8 Å². The molecule has 1 fully saturated rings. The van der Waals surface area contributed by atoms with E-state index in [4.69, 9.17) is 15.4 Å². The van der Waals surface area contributed by atoms with Crippen LogP contribution in [0.25, 0.3) is 0 Å². The predicted octanol–water partition coefficient (Wildman–Crippen LogP) is 2.31. The van der Waals surface area contributed by atoms with E-state index in [0.717, 1.165) is 12.8 Å². The summed E-state index contributed by atoms with van der Waals surface area (Å²) in [5.74, 6) is 0.406. The number of aryl methyl sites for hydroxylation is 1. The van der Waals surface area contributed by atoms with Crippen molar-refractivity contribution in [3.63, 3.8) is 0 Å². The number of benzene rings is 1. The molecule has 1 saturated carbocycles. The van der Waals surface area contributed by atoms with Gasteiger partial charge in [-0.2, -0.15) is 0 Å². The normalized spacial score (nSPS) is 14.8. The summed E-state index contributed by atoms with van der Waals surface area (Å²) < 4.78 is 28.1. The van der Waals surface area contributed by atoms with Gasteiger partial charge in [-0.05, 0) is 50.5 Å². The van der Waals surface area contributed by atoms with Gasteiger partial charge in [0.1, 0.15) is 5.75 Å². The highest BCUT2D eigenvalue weighted by Crippen LogP contribution is 2.27. The zero-order valence-corrected chi connectivity index (χ0v) is 13.6. The lowest BCUT2D eigenvalue weighted by Gasteiger charge is -2.20. The maximum absolute atomic E-state index is 12.0. The second-order valence-corrected chi connectivity index (χ2v) is 7.60. The van der Waals surface area contributed by atoms with Crippen LogP contribution in [-0.4, -0.2) is 38.4 Å². The molecule has 0 saturated heterocycles. The number of nitrogens with zero attached hydrogens (tertiary/aromatic N) is 1. The van der Waals surface area contributed by atoms with Gasteiger partial charge < -0.3 is 9.64 Å². The third kappa shape index (κ3) is 4.11. The number of rotatable bonds is 6. The zero-order chi connectivity index (χ0) is 15.6. The number of carbonyl (C=O) groups is 1. The summed E-state index contributed by atoms with van der Waals surface area (Å²) >= 11 is 0. The average Bonchev–Trinajstić information content (AvgIpc) is 3.20. The van der Waals surface area contributed by atoms with Gasteiger partial charge in [-0.15, -0.1) is 0 Å². The zero-order valence-electron chi connectivity index (χ0n) is 12.0. The third-order valence-electron chi connectivity index (χ3n) is 3.42. The van der Waals surface area contributed by atoms with Crippen LogP contribution in [0.1, 0.15) is 25.3 Å². The summed E-state index contributed by atoms with van der Waals surface area (Å²) in [5.41, 5.74) is 0.490. The molecule has 0 aliphatic heterocycles. The van der Waals surface area contributed by atoms with Crippen molar-refractivity contribution in [1.82, 2.24) is 4.90 Å². The topological polar surface area (TPSA) is 63.7 Å². The number of amides is 1. The van der Waals surface area contributed by atoms with E-state index in [0.29, 0.717) is 23.9 Å². The Hall–Kier alpha value is -1.27. The highest BCUT2D eigenvalue weighted by atomic mass is 35.7. The lowest BCUT2D eigenvalue weighted by atomic mass is 10.2. The standard InChI is InChI=1S/C14H18ClNO4S/c1-3-16(11-4-5-11)14(17)9-20-12-6-7-13(10(2)8-12)21(15,18)19/h6-8,11H,3-5,9H2,1-2H3. The van der Waals surface area contributed by atoms with Gasteiger partial charge in [0.25, 0.3) is 15.0 Å². The van der Waals surface area contributed by atoms with Crippen molar-refractivity contribution in [3.05, 3.63) is 23.8 Å². The van der Waals surface area contributed by atoms with Crippen LogP contribution in [0, 0.1) is 6.92 Å². The molecule has 0 aromatic heterocycles. The summed E-state index contributed by atoms with van der Waals surface area (Å²) in [7, 11) is 1.56. The molecule has 21 heavy (non-hydrogen) atoms. The van der Waals surface area contributed by atoms with Crippen LogP contribution in [0.5, 0.6) is 5.75 Å². The Morgan fingerprint density at radius 2 is 2.10 bits per heavy atom. The fourth-order valence-electron chi connectivity index (χ4n) is 2.24. The summed E-state index contributed by atoms with van der Waals surface area (Å²) in [6, 6.07) is 4.81. The monoisotopic (exact) mass is 331 g/mol. The average molecular weight is 332 g/mol. The van der Waals surface area contributed by atoms with Gasteiger partial charge in [0.15, 0.2) is 6.61 Å². The molecule has 1 aliphatic rings. The molecule has 1 amide bonds. The molecule has 0 spiro atoms. The molecule has 1 aromatic carbocycles. The molecule has 1 aliphatic carbocycles. The predicted molar refractivity (Wildman–Crippen MR) is 80.1 cm³/mol. The Bertz CT molecular complexity index is 640. The van der Waals surface area contributed by atoms with Crippen molar-refractivity contribution in [1.29, 1.82) is 0 Å². The Kier molecular flexibility index (Phi) is 4.78. The molecule has 7 heteroatoms. The SMILES string of the molecule is CCN(C(=O)COc1ccc(S(=O)(=O)Cl)c(C)c1)C1CC1. The number of likely N-dealkylation sites (N-methyl/N-ethyl adjacent to an activating group) is 1. The molecule has 0 atom stereocenters. The van der Waals surface area contributed by atoms with Gasteiger partial charge >= 0.3 is 0 Å². The fourth-order valence-corrected chi connectivity index (χ4v) is 3.43. The van der Waals surface area contributed by atoms with Crippen LogP contribution in [0.15, 0.2) is 23.1 Å². The molecule has 0 unspecified atom stereocenters. The smallest absolute Gasteiger partial charge is 0.261 e. The molecular formula is C14H18ClNO4S. The van der Waals surface area contributed by atoms with Gasteiger partial charge in [-0.25, -0.2) is 8.42 Å². The van der Waals surface area contributed by atoms with E-state index in [2.05, 4.69) is 0 Å². The first-order valence-corrected chi connectivity index (χ1v) is 9.11. The Morgan fingerprint density at radius 3 is 2.57 bits per heavy atom. The van der Waals surface area contributed by atoms with Crippen LogP contribution >= 0.6 is 10.7 Å². The van der Waals surface area contributed by atoms with E-state index in [-0.39, 0.29) is 17.4 Å². The van der Waals surface area contributed by atoms with Gasteiger partial charge in [0.05, 0.1) is 4.90 Å². The van der Waals surface area contributed by atoms with Crippen molar-refractivity contribution in [2.24, 2.45) is 0 Å². The van der Waals surface area contributed by atoms with Crippen LogP contribution in [0.2, 0.25) is 0 Å². The Labute approximate surface area is 129 Å². The molecule has 0 radical (unpaired) electrons. The molecule has 5 nitrogen and oxygen atoms in total. The van der Waals surface area contributed by atoms with E-state index in [1.54, 1.807) is 13.0 Å². The third-order valence-corrected chi connectivity index (χ3v) is 4.90. The van der Waals surface area contributed by atoms with Crippen LogP contribution < -0.4 is 4.74 Å². The van der Waals surface area contributed by atoms with Crippen LogP contribution in [-0.2, 0) is 13.8 Å². The Balaban J connectivity index is 2.00. The van der Waals surface area contributed by atoms with Crippen molar-refractivity contribution < 1.29 is 17.9 Å². The molecule has 116 valence electrons. The van der Waals surface area contributed by atoms with Crippen LogP contribution in [0.4, 0.5) is 0 Å². The Morgan fingerprint density at radius 1 is 1.43 bits per heavy atom. The van der Waals surface area contributed by atoms with Crippen molar-refractivity contribution >= 4 is 25.6 Å². The lowest BCUT2D eigenvalue weighted by molar-refractivity contribution is -0.133. The minimum atomic E-state index is -3.76. The van der Waals surface area contributed by atoms with Crippen molar-refractivity contribution in [2.75, 3.05) is 13.2 Å². The van der Waals surface area contributed by atoms with Gasteiger partial charge in [0.2, 0.25) is 0 Å². The van der Waals surface area contributed by atoms with E-state index in [1.165, 1.54) is 12.1 Å². The first-order chi connectivity index (χ1) is 9.82. The second-order valence-electron chi connectivity index (χ2n) is 5.06. The molecule has 0 heterocycles. The lowest BCUT2D eigenvalue weighted by Crippen LogP contribution is -2.36. The summed E-state index contributed by atoms with van der Waals surface area (Å²) in [6.45, 7) is 4.21. The maximum atomic E-state index is 12.0. The largest absolute Gasteiger partial charge is 0.484 e. The first-order valence-electron chi connectivity index (χ1n) is 6.80. The molecule has 2 rings (SSSR count). The number of carbonyl (C=O) groups excluding carboxylic acids is 1. The van der Waals surface area contributed by atoms with Gasteiger partial charge in [-0.1, -0.05) is 0 Å². The second kappa shape index (κ2) is 6.23. The summed E-state index contributed by atoms with van der Waals surface area (Å²) in [4.78, 5) is 13.9. The summed E-state index contributed by atoms with van der Waals surface area (Å²) in [6.07, 6.45) is 2.11.